The summed E-state index contributed by atoms with van der Waals surface area (Å²) in [4.78, 5) is 37.9. The van der Waals surface area contributed by atoms with Gasteiger partial charge in [0.25, 0.3) is 5.91 Å². The minimum atomic E-state index is -0.106. The molecule has 2 N–H and O–H groups in total. The lowest BCUT2D eigenvalue weighted by Crippen LogP contribution is -2.34. The molecule has 0 saturated heterocycles. The van der Waals surface area contributed by atoms with Gasteiger partial charge in [0.05, 0.1) is 5.69 Å². The highest BCUT2D eigenvalue weighted by Gasteiger charge is 2.30. The summed E-state index contributed by atoms with van der Waals surface area (Å²) in [5.41, 5.74) is 6.00. The molecule has 1 saturated carbocycles. The molecule has 1 amide bonds. The lowest BCUT2D eigenvalue weighted by Gasteiger charge is -2.30. The maximum atomic E-state index is 13.2. The van der Waals surface area contributed by atoms with Gasteiger partial charge in [0.1, 0.15) is 5.82 Å². The standard InChI is InChI=1S/C31H35N5O2/c1-36(2)29-23-10-5-6-13-26(23)34-31(35-29)33-20-16-14-19(15-17-20)18-32-30(38)25-12-7-11-24-27(25)21-8-3-4-9-22(21)28(24)37/h3-4,7-9,11-12,19-20H,5-6,10,13-18H2,1-2H3,(H,32,38)(H,33,34,35). The molecule has 0 unspecified atom stereocenters. The largest absolute Gasteiger partial charge is 0.362 e. The van der Waals surface area contributed by atoms with Crippen LogP contribution in [0.5, 0.6) is 0 Å². The van der Waals surface area contributed by atoms with Crippen LogP contribution < -0.4 is 15.5 Å². The van der Waals surface area contributed by atoms with Crippen LogP contribution >= 0.6 is 0 Å². The molecule has 3 aliphatic rings. The molecule has 196 valence electrons. The summed E-state index contributed by atoms with van der Waals surface area (Å²) in [6.07, 6.45) is 8.64. The van der Waals surface area contributed by atoms with Crippen LogP contribution in [0.1, 0.15) is 76.1 Å². The van der Waals surface area contributed by atoms with Crippen molar-refractivity contribution in [2.24, 2.45) is 5.92 Å². The first-order valence-electron chi connectivity index (χ1n) is 13.9. The van der Waals surface area contributed by atoms with Gasteiger partial charge in [0, 0.05) is 54.5 Å². The van der Waals surface area contributed by atoms with Crippen molar-refractivity contribution < 1.29 is 9.59 Å². The van der Waals surface area contributed by atoms with Crippen molar-refractivity contribution in [2.45, 2.75) is 57.4 Å². The van der Waals surface area contributed by atoms with E-state index in [-0.39, 0.29) is 11.7 Å². The maximum Gasteiger partial charge on any atom is 0.251 e. The molecule has 0 bridgehead atoms. The summed E-state index contributed by atoms with van der Waals surface area (Å²) in [5.74, 6) is 2.12. The van der Waals surface area contributed by atoms with E-state index < -0.39 is 0 Å². The molecule has 3 aromatic rings. The number of aromatic nitrogens is 2. The SMILES string of the molecule is CN(C)c1nc(NC2CCC(CNC(=O)c3cccc4c3-c3ccccc3C4=O)CC2)nc2c1CCCC2. The van der Waals surface area contributed by atoms with E-state index in [4.69, 9.17) is 9.97 Å². The normalized spacial score (nSPS) is 19.8. The second kappa shape index (κ2) is 10.2. The highest BCUT2D eigenvalue weighted by molar-refractivity contribution is 6.24. The van der Waals surface area contributed by atoms with Gasteiger partial charge in [0.2, 0.25) is 5.95 Å². The zero-order valence-corrected chi connectivity index (χ0v) is 22.2. The Morgan fingerprint density at radius 1 is 0.921 bits per heavy atom. The number of hydrogen-bond acceptors (Lipinski definition) is 6. The van der Waals surface area contributed by atoms with E-state index in [0.717, 1.165) is 61.4 Å². The van der Waals surface area contributed by atoms with Crippen molar-refractivity contribution in [1.29, 1.82) is 0 Å². The number of carbonyl (C=O) groups excluding carboxylic acids is 2. The molecule has 3 aliphatic carbocycles. The Morgan fingerprint density at radius 2 is 1.66 bits per heavy atom. The number of nitrogens with one attached hydrogen (secondary N) is 2. The van der Waals surface area contributed by atoms with E-state index in [2.05, 4.69) is 29.6 Å². The van der Waals surface area contributed by atoms with Crippen LogP contribution in [0, 0.1) is 5.92 Å². The summed E-state index contributed by atoms with van der Waals surface area (Å²) in [7, 11) is 4.11. The number of nitrogens with zero attached hydrogens (tertiary/aromatic N) is 3. The second-order valence-electron chi connectivity index (χ2n) is 11.1. The smallest absolute Gasteiger partial charge is 0.251 e. The number of anilines is 2. The van der Waals surface area contributed by atoms with Crippen molar-refractivity contribution in [1.82, 2.24) is 15.3 Å². The van der Waals surface area contributed by atoms with Crippen LogP contribution in [0.15, 0.2) is 42.5 Å². The molecule has 7 heteroatoms. The third-order valence-corrected chi connectivity index (χ3v) is 8.31. The van der Waals surface area contributed by atoms with Gasteiger partial charge in [-0.15, -0.1) is 0 Å². The number of carbonyl (C=O) groups is 2. The predicted molar refractivity (Wildman–Crippen MR) is 150 cm³/mol. The molecule has 0 aliphatic heterocycles. The van der Waals surface area contributed by atoms with E-state index in [1.165, 1.54) is 24.1 Å². The molecule has 38 heavy (non-hydrogen) atoms. The van der Waals surface area contributed by atoms with Crippen molar-refractivity contribution in [3.8, 4) is 11.1 Å². The minimum absolute atomic E-state index is 0.00307. The van der Waals surface area contributed by atoms with E-state index in [0.29, 0.717) is 35.2 Å². The van der Waals surface area contributed by atoms with E-state index in [1.54, 1.807) is 6.07 Å². The zero-order chi connectivity index (χ0) is 26.2. The van der Waals surface area contributed by atoms with Gasteiger partial charge in [-0.1, -0.05) is 36.4 Å². The fraction of sp³-hybridized carbons (Fsp3) is 0.419. The number of rotatable bonds is 6. The number of aryl methyl sites for hydroxylation is 1. The number of benzene rings is 2. The Hall–Kier alpha value is -3.74. The molecular weight excluding hydrogens is 474 g/mol. The van der Waals surface area contributed by atoms with Crippen LogP contribution in [0.25, 0.3) is 11.1 Å². The molecule has 0 spiro atoms. The molecule has 1 fully saturated rings. The van der Waals surface area contributed by atoms with Gasteiger partial charge in [-0.05, 0) is 68.9 Å². The highest BCUT2D eigenvalue weighted by Crippen LogP contribution is 2.39. The Morgan fingerprint density at radius 3 is 2.45 bits per heavy atom. The highest BCUT2D eigenvalue weighted by atomic mass is 16.1. The fourth-order valence-electron chi connectivity index (χ4n) is 6.30. The fourth-order valence-corrected chi connectivity index (χ4v) is 6.30. The lowest BCUT2D eigenvalue weighted by molar-refractivity contribution is 0.0944. The molecular formula is C31H35N5O2. The average molecular weight is 510 g/mol. The van der Waals surface area contributed by atoms with Gasteiger partial charge >= 0.3 is 0 Å². The summed E-state index contributed by atoms with van der Waals surface area (Å²) >= 11 is 0. The van der Waals surface area contributed by atoms with Gasteiger partial charge in [-0.2, -0.15) is 4.98 Å². The molecule has 6 rings (SSSR count). The van der Waals surface area contributed by atoms with Crippen LogP contribution in [-0.2, 0) is 12.8 Å². The molecule has 2 aromatic carbocycles. The number of fused-ring (bicyclic) bond motifs is 4. The summed E-state index contributed by atoms with van der Waals surface area (Å²) < 4.78 is 0. The summed E-state index contributed by atoms with van der Waals surface area (Å²) in [6.45, 7) is 0.644. The summed E-state index contributed by atoms with van der Waals surface area (Å²) in [6, 6.07) is 13.3. The minimum Gasteiger partial charge on any atom is -0.362 e. The number of ketones is 1. The Bertz CT molecular complexity index is 1390. The molecule has 1 aromatic heterocycles. The predicted octanol–water partition coefficient (Wildman–Crippen LogP) is 5.03. The third kappa shape index (κ3) is 4.55. The first-order valence-corrected chi connectivity index (χ1v) is 13.9. The topological polar surface area (TPSA) is 87.2 Å². The van der Waals surface area contributed by atoms with Crippen LogP contribution in [0.3, 0.4) is 0 Å². The molecule has 7 nitrogen and oxygen atoms in total. The van der Waals surface area contributed by atoms with Crippen LogP contribution in [0.2, 0.25) is 0 Å². The number of amides is 1. The second-order valence-corrected chi connectivity index (χ2v) is 11.1. The average Bonchev–Trinajstić information content (AvgIpc) is 3.24. The quantitative estimate of drug-likeness (QED) is 0.379. The Kier molecular flexibility index (Phi) is 6.60. The Labute approximate surface area is 224 Å². The molecule has 0 atom stereocenters. The van der Waals surface area contributed by atoms with E-state index >= 15 is 0 Å². The van der Waals surface area contributed by atoms with Gasteiger partial charge in [-0.3, -0.25) is 9.59 Å². The molecule has 1 heterocycles. The third-order valence-electron chi connectivity index (χ3n) is 8.31. The van der Waals surface area contributed by atoms with Gasteiger partial charge < -0.3 is 15.5 Å². The van der Waals surface area contributed by atoms with Gasteiger partial charge in [-0.25, -0.2) is 4.98 Å². The van der Waals surface area contributed by atoms with Crippen molar-refractivity contribution >= 4 is 23.5 Å². The number of hydrogen-bond donors (Lipinski definition) is 2. The first-order chi connectivity index (χ1) is 18.5. The van der Waals surface area contributed by atoms with Crippen LogP contribution in [0.4, 0.5) is 11.8 Å². The van der Waals surface area contributed by atoms with Crippen LogP contribution in [-0.4, -0.2) is 48.3 Å². The van der Waals surface area contributed by atoms with Gasteiger partial charge in [0.15, 0.2) is 5.78 Å². The van der Waals surface area contributed by atoms with Crippen molar-refractivity contribution in [3.05, 3.63) is 70.4 Å². The van der Waals surface area contributed by atoms with Crippen molar-refractivity contribution in [3.63, 3.8) is 0 Å². The molecule has 0 radical (unpaired) electrons. The van der Waals surface area contributed by atoms with E-state index in [9.17, 15) is 9.59 Å². The lowest BCUT2D eigenvalue weighted by atomic mass is 9.86. The van der Waals surface area contributed by atoms with Crippen molar-refractivity contribution in [2.75, 3.05) is 30.9 Å². The zero-order valence-electron chi connectivity index (χ0n) is 22.2. The maximum absolute atomic E-state index is 13.2. The van der Waals surface area contributed by atoms with E-state index in [1.807, 2.05) is 36.4 Å². The first kappa shape index (κ1) is 24.6. The Balaban J connectivity index is 1.07. The monoisotopic (exact) mass is 509 g/mol. The summed E-state index contributed by atoms with van der Waals surface area (Å²) in [5, 5.41) is 6.77.